The van der Waals surface area contributed by atoms with Crippen molar-refractivity contribution >= 4 is 34.0 Å². The minimum absolute atomic E-state index is 0.0785. The molecule has 5 nitrogen and oxygen atoms in total. The molecule has 156 valence electrons. The Bertz CT molecular complexity index is 985. The molecule has 1 amide bonds. The molecule has 3 aromatic carbocycles. The van der Waals surface area contributed by atoms with Crippen LogP contribution in [0.4, 0.5) is 5.69 Å². The fourth-order valence-corrected chi connectivity index (χ4v) is 4.05. The molecule has 0 spiro atoms. The number of benzene rings is 3. The molecule has 0 saturated carbocycles. The molecule has 3 aromatic rings. The molecule has 3 N–H and O–H groups in total. The van der Waals surface area contributed by atoms with E-state index in [1.807, 2.05) is 54.6 Å². The Labute approximate surface area is 182 Å². The molecule has 30 heavy (non-hydrogen) atoms. The van der Waals surface area contributed by atoms with E-state index in [1.165, 1.54) is 15.2 Å². The number of piperazine rings is 1. The molecule has 1 aliphatic heterocycles. The molecular formula is C24H28ClN3O2+2. The van der Waals surface area contributed by atoms with Gasteiger partial charge in [0.05, 0.1) is 0 Å². The van der Waals surface area contributed by atoms with Gasteiger partial charge in [-0.05, 0) is 47.2 Å². The molecule has 0 aromatic heterocycles. The van der Waals surface area contributed by atoms with Crippen LogP contribution in [-0.4, -0.2) is 51.8 Å². The summed E-state index contributed by atoms with van der Waals surface area (Å²) in [6.45, 7) is 6.29. The number of halogens is 1. The third-order valence-electron chi connectivity index (χ3n) is 5.65. The molecule has 0 radical (unpaired) electrons. The smallest absolute Gasteiger partial charge is 0.279 e. The van der Waals surface area contributed by atoms with Crippen molar-refractivity contribution in [1.29, 1.82) is 0 Å². The number of amides is 1. The van der Waals surface area contributed by atoms with Crippen molar-refractivity contribution in [3.05, 3.63) is 71.8 Å². The Morgan fingerprint density at radius 3 is 2.37 bits per heavy atom. The van der Waals surface area contributed by atoms with Crippen molar-refractivity contribution in [3.63, 3.8) is 0 Å². The van der Waals surface area contributed by atoms with Gasteiger partial charge in [0.2, 0.25) is 0 Å². The predicted molar refractivity (Wildman–Crippen MR) is 121 cm³/mol. The van der Waals surface area contributed by atoms with E-state index in [0.29, 0.717) is 13.2 Å². The maximum atomic E-state index is 12.5. The second kappa shape index (κ2) is 9.94. The Kier molecular flexibility index (Phi) is 6.84. The van der Waals surface area contributed by atoms with Crippen LogP contribution < -0.4 is 19.9 Å². The van der Waals surface area contributed by atoms with Crippen LogP contribution in [0.25, 0.3) is 10.8 Å². The maximum absolute atomic E-state index is 12.5. The topological polar surface area (TPSA) is 47.2 Å². The molecule has 4 rings (SSSR count). The highest BCUT2D eigenvalue weighted by atomic mass is 35.5. The Morgan fingerprint density at radius 1 is 0.900 bits per heavy atom. The first-order valence-corrected chi connectivity index (χ1v) is 10.9. The molecule has 1 aliphatic rings. The monoisotopic (exact) mass is 425 g/mol. The van der Waals surface area contributed by atoms with Crippen molar-refractivity contribution < 1.29 is 19.3 Å². The number of hydrogen-bond acceptors (Lipinski definition) is 2. The fourth-order valence-electron chi connectivity index (χ4n) is 3.93. The second-order valence-electron chi connectivity index (χ2n) is 7.84. The summed E-state index contributed by atoms with van der Waals surface area (Å²) in [5.74, 6) is 0.934. The highest BCUT2D eigenvalue weighted by molar-refractivity contribution is 6.30. The number of carbonyl (C=O) groups excluding carboxylic acids is 1. The standard InChI is InChI=1S/C24H26ClN3O2/c25-21-6-9-23(10-7-21)30-16-15-27-11-13-28(14-12-27)18-24(29)26-22-8-5-19-3-1-2-4-20(19)17-22/h1-10,17H,11-16,18H2,(H,26,29)/p+2. The van der Waals surface area contributed by atoms with Gasteiger partial charge >= 0.3 is 0 Å². The average Bonchev–Trinajstić information content (AvgIpc) is 2.76. The highest BCUT2D eigenvalue weighted by Crippen LogP contribution is 2.18. The summed E-state index contributed by atoms with van der Waals surface area (Å²) in [5, 5.41) is 6.09. The van der Waals surface area contributed by atoms with Crippen molar-refractivity contribution in [3.8, 4) is 5.75 Å². The summed E-state index contributed by atoms with van der Waals surface area (Å²) < 4.78 is 5.80. The predicted octanol–water partition coefficient (Wildman–Crippen LogP) is 1.29. The van der Waals surface area contributed by atoms with Crippen LogP contribution in [0, 0.1) is 0 Å². The van der Waals surface area contributed by atoms with Gasteiger partial charge in [-0.3, -0.25) is 4.79 Å². The zero-order valence-corrected chi connectivity index (χ0v) is 17.8. The van der Waals surface area contributed by atoms with E-state index in [0.717, 1.165) is 54.6 Å². The van der Waals surface area contributed by atoms with Crippen molar-refractivity contribution in [1.82, 2.24) is 0 Å². The van der Waals surface area contributed by atoms with Crippen molar-refractivity contribution in [2.24, 2.45) is 0 Å². The van der Waals surface area contributed by atoms with Gasteiger partial charge in [-0.15, -0.1) is 0 Å². The Balaban J connectivity index is 1.17. The number of quaternary nitrogens is 2. The van der Waals surface area contributed by atoms with E-state index in [1.54, 1.807) is 0 Å². The summed E-state index contributed by atoms with van der Waals surface area (Å²) in [4.78, 5) is 15.4. The van der Waals surface area contributed by atoms with Gasteiger partial charge in [0.1, 0.15) is 45.1 Å². The highest BCUT2D eigenvalue weighted by Gasteiger charge is 2.24. The van der Waals surface area contributed by atoms with Gasteiger partial charge in [0.15, 0.2) is 6.54 Å². The third-order valence-corrected chi connectivity index (χ3v) is 5.90. The minimum atomic E-state index is 0.0785. The summed E-state index contributed by atoms with van der Waals surface area (Å²) in [5.41, 5.74) is 0.863. The number of rotatable bonds is 7. The number of fused-ring (bicyclic) bond motifs is 1. The zero-order chi connectivity index (χ0) is 20.8. The van der Waals surface area contributed by atoms with Crippen LogP contribution in [0.5, 0.6) is 5.75 Å². The lowest BCUT2D eigenvalue weighted by Gasteiger charge is -2.29. The van der Waals surface area contributed by atoms with E-state index >= 15 is 0 Å². The van der Waals surface area contributed by atoms with Gasteiger partial charge in [-0.2, -0.15) is 0 Å². The van der Waals surface area contributed by atoms with Crippen LogP contribution in [0.2, 0.25) is 5.02 Å². The van der Waals surface area contributed by atoms with Crippen LogP contribution in [-0.2, 0) is 4.79 Å². The molecular weight excluding hydrogens is 398 g/mol. The van der Waals surface area contributed by atoms with Crippen molar-refractivity contribution in [2.45, 2.75) is 0 Å². The summed E-state index contributed by atoms with van der Waals surface area (Å²) in [7, 11) is 0. The molecule has 0 unspecified atom stereocenters. The lowest BCUT2D eigenvalue weighted by atomic mass is 10.1. The second-order valence-corrected chi connectivity index (χ2v) is 8.28. The van der Waals surface area contributed by atoms with Crippen LogP contribution >= 0.6 is 11.6 Å². The SMILES string of the molecule is O=C(C[NH+]1CC[NH+](CCOc2ccc(Cl)cc2)CC1)Nc1ccc2ccccc2c1. The van der Waals surface area contributed by atoms with Crippen LogP contribution in [0.15, 0.2) is 66.7 Å². The van der Waals surface area contributed by atoms with E-state index in [4.69, 9.17) is 16.3 Å². The quantitative estimate of drug-likeness (QED) is 0.534. The van der Waals surface area contributed by atoms with Gasteiger partial charge < -0.3 is 19.9 Å². The number of ether oxygens (including phenoxy) is 1. The third kappa shape index (κ3) is 5.72. The van der Waals surface area contributed by atoms with E-state index in [2.05, 4.69) is 17.4 Å². The number of hydrogen-bond donors (Lipinski definition) is 3. The van der Waals surface area contributed by atoms with Gasteiger partial charge in [0.25, 0.3) is 5.91 Å². The summed E-state index contributed by atoms with van der Waals surface area (Å²) in [6.07, 6.45) is 0. The van der Waals surface area contributed by atoms with E-state index in [-0.39, 0.29) is 5.91 Å². The number of carbonyl (C=O) groups is 1. The first kappa shape index (κ1) is 20.7. The Hall–Kier alpha value is -2.60. The number of nitrogens with one attached hydrogen (secondary N) is 3. The molecule has 1 fully saturated rings. The summed E-state index contributed by atoms with van der Waals surface area (Å²) >= 11 is 5.90. The van der Waals surface area contributed by atoms with Gasteiger partial charge in [-0.1, -0.05) is 41.9 Å². The summed E-state index contributed by atoms with van der Waals surface area (Å²) in [6, 6.07) is 21.7. The number of anilines is 1. The van der Waals surface area contributed by atoms with E-state index < -0.39 is 0 Å². The van der Waals surface area contributed by atoms with Crippen molar-refractivity contribution in [2.75, 3.05) is 51.2 Å². The lowest BCUT2D eigenvalue weighted by Crippen LogP contribution is -3.28. The van der Waals surface area contributed by atoms with Crippen LogP contribution in [0.1, 0.15) is 0 Å². The molecule has 1 heterocycles. The fraction of sp³-hybridized carbons (Fsp3) is 0.292. The van der Waals surface area contributed by atoms with Gasteiger partial charge in [0, 0.05) is 10.7 Å². The first-order valence-electron chi connectivity index (χ1n) is 10.5. The molecule has 0 bridgehead atoms. The molecule has 6 heteroatoms. The molecule has 0 aliphatic carbocycles. The van der Waals surface area contributed by atoms with Crippen LogP contribution in [0.3, 0.4) is 0 Å². The first-order chi connectivity index (χ1) is 14.7. The largest absolute Gasteiger partial charge is 0.488 e. The minimum Gasteiger partial charge on any atom is -0.488 e. The Morgan fingerprint density at radius 2 is 1.60 bits per heavy atom. The molecule has 0 atom stereocenters. The maximum Gasteiger partial charge on any atom is 0.279 e. The normalized spacial score (nSPS) is 18.8. The molecule has 1 saturated heterocycles. The zero-order valence-electron chi connectivity index (χ0n) is 17.0. The lowest BCUT2D eigenvalue weighted by molar-refractivity contribution is -1.01. The average molecular weight is 426 g/mol. The van der Waals surface area contributed by atoms with E-state index in [9.17, 15) is 4.79 Å². The van der Waals surface area contributed by atoms with Gasteiger partial charge in [-0.25, -0.2) is 0 Å².